The monoisotopic (exact) mass is 544 g/mol. The first-order chi connectivity index (χ1) is 19.5. The molecule has 4 N–H and O–H groups in total. The van der Waals surface area contributed by atoms with Crippen LogP contribution in [0.5, 0.6) is 0 Å². The number of hydrogen-bond acceptors (Lipinski definition) is 8. The maximum absolute atomic E-state index is 13.1. The highest BCUT2D eigenvalue weighted by Crippen LogP contribution is 2.40. The van der Waals surface area contributed by atoms with Crippen molar-refractivity contribution in [2.24, 2.45) is 5.73 Å². The maximum atomic E-state index is 13.1. The number of anilines is 3. The van der Waals surface area contributed by atoms with Gasteiger partial charge in [0.05, 0.1) is 24.1 Å². The van der Waals surface area contributed by atoms with Gasteiger partial charge in [-0.05, 0) is 69.1 Å². The Morgan fingerprint density at radius 2 is 1.82 bits per heavy atom. The lowest BCUT2D eigenvalue weighted by Crippen LogP contribution is -2.54. The Hall–Kier alpha value is -3.99. The van der Waals surface area contributed by atoms with Crippen LogP contribution in [0, 0.1) is 0 Å². The van der Waals surface area contributed by atoms with Gasteiger partial charge in [0.15, 0.2) is 11.5 Å². The minimum atomic E-state index is -0.664. The number of nitrogens with two attached hydrogens (primary N) is 1. The molecule has 0 unspecified atom stereocenters. The van der Waals surface area contributed by atoms with E-state index >= 15 is 0 Å². The molecular formula is C29H36N8O3. The summed E-state index contributed by atoms with van der Waals surface area (Å²) in [5, 5.41) is 10.9. The average molecular weight is 545 g/mol. The van der Waals surface area contributed by atoms with E-state index in [4.69, 9.17) is 15.5 Å². The number of ether oxygens (including phenoxy) is 1. The van der Waals surface area contributed by atoms with Crippen molar-refractivity contribution in [3.63, 3.8) is 0 Å². The highest BCUT2D eigenvalue weighted by atomic mass is 16.5. The van der Waals surface area contributed by atoms with Crippen LogP contribution < -0.4 is 21.3 Å². The minimum absolute atomic E-state index is 0.0266. The zero-order valence-corrected chi connectivity index (χ0v) is 22.8. The van der Waals surface area contributed by atoms with Crippen LogP contribution in [0.4, 0.5) is 17.3 Å². The molecule has 1 aromatic carbocycles. The fourth-order valence-electron chi connectivity index (χ4n) is 5.71. The molecule has 3 aliphatic rings. The fourth-order valence-corrected chi connectivity index (χ4v) is 5.71. The van der Waals surface area contributed by atoms with E-state index in [1.54, 1.807) is 12.4 Å². The van der Waals surface area contributed by atoms with Crippen molar-refractivity contribution in [1.29, 1.82) is 0 Å². The lowest BCUT2D eigenvalue weighted by atomic mass is 9.97. The summed E-state index contributed by atoms with van der Waals surface area (Å²) >= 11 is 0. The van der Waals surface area contributed by atoms with Crippen molar-refractivity contribution in [1.82, 2.24) is 25.1 Å². The predicted molar refractivity (Wildman–Crippen MR) is 151 cm³/mol. The van der Waals surface area contributed by atoms with E-state index < -0.39 is 5.91 Å². The van der Waals surface area contributed by atoms with Gasteiger partial charge in [-0.2, -0.15) is 5.10 Å². The van der Waals surface area contributed by atoms with E-state index in [9.17, 15) is 9.59 Å². The first kappa shape index (κ1) is 26.2. The summed E-state index contributed by atoms with van der Waals surface area (Å²) < 4.78 is 7.38. The molecule has 6 rings (SSSR count). The number of primary amides is 1. The summed E-state index contributed by atoms with van der Waals surface area (Å²) in [6.07, 6.45) is 11.2. The molecule has 0 radical (unpaired) electrons. The molecule has 2 saturated heterocycles. The van der Waals surface area contributed by atoms with Crippen LogP contribution in [0.15, 0.2) is 42.9 Å². The Morgan fingerprint density at radius 1 is 1.05 bits per heavy atom. The summed E-state index contributed by atoms with van der Waals surface area (Å²) in [6, 6.07) is 8.17. The normalized spacial score (nSPS) is 21.7. The van der Waals surface area contributed by atoms with Gasteiger partial charge in [-0.25, -0.2) is 9.97 Å². The van der Waals surface area contributed by atoms with Crippen LogP contribution in [0.1, 0.15) is 83.8 Å². The molecule has 0 spiro atoms. The van der Waals surface area contributed by atoms with Crippen molar-refractivity contribution in [3.05, 3.63) is 59.7 Å². The van der Waals surface area contributed by atoms with Crippen molar-refractivity contribution in [3.8, 4) is 0 Å². The number of amides is 2. The van der Waals surface area contributed by atoms with Crippen LogP contribution in [0.25, 0.3) is 0 Å². The molecule has 1 saturated carbocycles. The molecule has 0 bridgehead atoms. The second-order valence-corrected chi connectivity index (χ2v) is 11.0. The quantitative estimate of drug-likeness (QED) is 0.391. The van der Waals surface area contributed by atoms with E-state index in [2.05, 4.69) is 44.7 Å². The minimum Gasteiger partial charge on any atom is -0.381 e. The molecule has 3 fully saturated rings. The Bertz CT molecular complexity index is 1360. The molecule has 11 heteroatoms. The molecule has 3 aromatic rings. The second kappa shape index (κ2) is 11.2. The molecule has 40 heavy (non-hydrogen) atoms. The van der Waals surface area contributed by atoms with E-state index in [1.807, 2.05) is 23.0 Å². The molecule has 2 aromatic heterocycles. The van der Waals surface area contributed by atoms with Gasteiger partial charge >= 0.3 is 0 Å². The number of carbonyl (C=O) groups is 2. The van der Waals surface area contributed by atoms with Gasteiger partial charge in [0.2, 0.25) is 0 Å². The van der Waals surface area contributed by atoms with E-state index in [0.29, 0.717) is 23.0 Å². The van der Waals surface area contributed by atoms with Crippen molar-refractivity contribution < 1.29 is 14.3 Å². The third kappa shape index (κ3) is 5.65. The number of nitrogens with zero attached hydrogens (tertiary/aromatic N) is 5. The zero-order valence-electron chi connectivity index (χ0n) is 22.8. The number of carbonyl (C=O) groups excluding carboxylic acids is 2. The number of benzene rings is 1. The molecule has 2 amide bonds. The van der Waals surface area contributed by atoms with Crippen molar-refractivity contribution in [2.75, 3.05) is 30.0 Å². The lowest BCUT2D eigenvalue weighted by molar-refractivity contribution is 0.0662. The van der Waals surface area contributed by atoms with Gasteiger partial charge < -0.3 is 26.0 Å². The van der Waals surface area contributed by atoms with Gasteiger partial charge in [-0.1, -0.05) is 12.1 Å². The van der Waals surface area contributed by atoms with Crippen molar-refractivity contribution in [2.45, 2.75) is 69.5 Å². The maximum Gasteiger partial charge on any atom is 0.271 e. The topological polar surface area (TPSA) is 140 Å². The first-order valence-corrected chi connectivity index (χ1v) is 14.2. The third-order valence-corrected chi connectivity index (χ3v) is 8.24. The second-order valence-electron chi connectivity index (χ2n) is 11.0. The average Bonchev–Trinajstić information content (AvgIpc) is 3.73. The Kier molecular flexibility index (Phi) is 7.38. The molecule has 2 atom stereocenters. The molecule has 210 valence electrons. The number of hydrogen-bond donors (Lipinski definition) is 3. The van der Waals surface area contributed by atoms with E-state index in [-0.39, 0.29) is 35.5 Å². The van der Waals surface area contributed by atoms with E-state index in [0.717, 1.165) is 45.4 Å². The van der Waals surface area contributed by atoms with Crippen molar-refractivity contribution >= 4 is 29.1 Å². The van der Waals surface area contributed by atoms with Gasteiger partial charge in [-0.15, -0.1) is 0 Å². The summed E-state index contributed by atoms with van der Waals surface area (Å²) in [6.45, 7) is 4.27. The fraction of sp³-hybridized carbons (Fsp3) is 0.483. The SMILES string of the molecule is C[C@@H]1[C@H](NC(=O)c2ccc(C3CC3)cc2)CCCN1c1cnc(C(N)=O)c(Nc2cnn(C3CCOCC3)c2)n1. The zero-order chi connectivity index (χ0) is 27.6. The lowest BCUT2D eigenvalue weighted by Gasteiger charge is -2.40. The number of rotatable bonds is 8. The highest BCUT2D eigenvalue weighted by Gasteiger charge is 2.31. The largest absolute Gasteiger partial charge is 0.381 e. The van der Waals surface area contributed by atoms with E-state index in [1.165, 1.54) is 18.4 Å². The van der Waals surface area contributed by atoms with Crippen LogP contribution >= 0.6 is 0 Å². The summed E-state index contributed by atoms with van der Waals surface area (Å²) in [7, 11) is 0. The summed E-state index contributed by atoms with van der Waals surface area (Å²) in [5.74, 6) is 0.826. The van der Waals surface area contributed by atoms with Crippen LogP contribution in [0.2, 0.25) is 0 Å². The Labute approximate surface area is 233 Å². The first-order valence-electron chi connectivity index (χ1n) is 14.2. The summed E-state index contributed by atoms with van der Waals surface area (Å²) in [4.78, 5) is 36.5. The van der Waals surface area contributed by atoms with Gasteiger partial charge in [-0.3, -0.25) is 14.3 Å². The third-order valence-electron chi connectivity index (χ3n) is 8.24. The highest BCUT2D eigenvalue weighted by molar-refractivity contribution is 5.96. The molecular weight excluding hydrogens is 508 g/mol. The Balaban J connectivity index is 1.17. The number of piperidine rings is 1. The molecule has 2 aliphatic heterocycles. The number of aromatic nitrogens is 4. The number of nitrogens with one attached hydrogen (secondary N) is 2. The van der Waals surface area contributed by atoms with Gasteiger partial charge in [0.1, 0.15) is 5.82 Å². The standard InChI is InChI=1S/C29H36N8O3/c1-18-24(34-29(39)21-8-6-20(7-9-21)19-4-5-19)3-2-12-36(18)25-16-31-26(27(30)38)28(35-25)33-22-15-32-37(17-22)23-10-13-40-14-11-23/h6-9,15-19,23-24H,2-5,10-14H2,1H3,(H2,30,38)(H,33,35)(H,34,39)/t18-,24-/m1/s1. The molecule has 11 nitrogen and oxygen atoms in total. The van der Waals surface area contributed by atoms with Crippen LogP contribution in [-0.2, 0) is 4.74 Å². The van der Waals surface area contributed by atoms with Crippen LogP contribution in [0.3, 0.4) is 0 Å². The van der Waals surface area contributed by atoms with Crippen LogP contribution in [-0.4, -0.2) is 63.4 Å². The predicted octanol–water partition coefficient (Wildman–Crippen LogP) is 3.53. The summed E-state index contributed by atoms with van der Waals surface area (Å²) in [5.41, 5.74) is 8.38. The van der Waals surface area contributed by atoms with Gasteiger partial charge in [0.25, 0.3) is 11.8 Å². The smallest absolute Gasteiger partial charge is 0.271 e. The van der Waals surface area contributed by atoms with Gasteiger partial charge in [0, 0.05) is 43.6 Å². The Morgan fingerprint density at radius 3 is 2.55 bits per heavy atom. The molecule has 1 aliphatic carbocycles. The molecule has 4 heterocycles.